The lowest BCUT2D eigenvalue weighted by Gasteiger charge is -2.29. The lowest BCUT2D eigenvalue weighted by Crippen LogP contribution is -2.40. The van der Waals surface area contributed by atoms with Crippen LogP contribution in [0.3, 0.4) is 0 Å². The first-order valence-electron chi connectivity index (χ1n) is 5.85. The molecule has 1 aromatic rings. The molecule has 0 atom stereocenters. The maximum absolute atomic E-state index is 4.16. The lowest BCUT2D eigenvalue weighted by atomic mass is 10.1. The number of hydrogen-bond donors (Lipinski definition) is 1. The van der Waals surface area contributed by atoms with E-state index in [1.165, 1.54) is 31.5 Å². The zero-order valence-electron chi connectivity index (χ0n) is 9.89. The largest absolute Gasteiger partial charge is 0.310 e. The summed E-state index contributed by atoms with van der Waals surface area (Å²) in [6, 6.07) is 0.656. The van der Waals surface area contributed by atoms with Gasteiger partial charge in [-0.3, -0.25) is 0 Å². The van der Waals surface area contributed by atoms with Crippen LogP contribution in [0.5, 0.6) is 0 Å². The standard InChI is InChI=1S/C12H20N4/c1-3-16-10-11(9-14-16)8-13-12-4-6-15(2)7-5-12/h3,9-10,12-13H,1,4-8H2,2H3. The fourth-order valence-electron chi connectivity index (χ4n) is 2.04. The van der Waals surface area contributed by atoms with Crippen molar-refractivity contribution in [1.82, 2.24) is 20.0 Å². The average molecular weight is 220 g/mol. The van der Waals surface area contributed by atoms with Crippen LogP contribution in [0.1, 0.15) is 18.4 Å². The number of hydrogen-bond acceptors (Lipinski definition) is 3. The number of likely N-dealkylation sites (tertiary alicyclic amines) is 1. The highest BCUT2D eigenvalue weighted by Gasteiger charge is 2.15. The Morgan fingerprint density at radius 2 is 2.31 bits per heavy atom. The molecule has 0 bridgehead atoms. The van der Waals surface area contributed by atoms with E-state index < -0.39 is 0 Å². The van der Waals surface area contributed by atoms with E-state index in [2.05, 4.69) is 28.9 Å². The quantitative estimate of drug-likeness (QED) is 0.827. The van der Waals surface area contributed by atoms with Gasteiger partial charge in [-0.15, -0.1) is 0 Å². The molecule has 2 rings (SSSR count). The molecule has 0 saturated carbocycles. The first-order valence-corrected chi connectivity index (χ1v) is 5.85. The van der Waals surface area contributed by atoms with Crippen LogP contribution in [-0.4, -0.2) is 40.9 Å². The first-order chi connectivity index (χ1) is 7.78. The highest BCUT2D eigenvalue weighted by Crippen LogP contribution is 2.09. The first kappa shape index (κ1) is 11.4. The van der Waals surface area contributed by atoms with E-state index in [-0.39, 0.29) is 0 Å². The molecule has 1 aliphatic heterocycles. The number of piperidine rings is 1. The minimum atomic E-state index is 0.656. The SMILES string of the molecule is C=Cn1cc(CNC2CCN(C)CC2)cn1. The Hall–Kier alpha value is -1.13. The van der Waals surface area contributed by atoms with Crippen LogP contribution in [0.2, 0.25) is 0 Å². The summed E-state index contributed by atoms with van der Waals surface area (Å²) in [5.41, 5.74) is 1.22. The molecule has 16 heavy (non-hydrogen) atoms. The van der Waals surface area contributed by atoms with Gasteiger partial charge in [-0.25, -0.2) is 4.68 Å². The highest BCUT2D eigenvalue weighted by atomic mass is 15.2. The third kappa shape index (κ3) is 2.93. The second-order valence-corrected chi connectivity index (χ2v) is 4.47. The molecule has 4 nitrogen and oxygen atoms in total. The predicted molar refractivity (Wildman–Crippen MR) is 66.0 cm³/mol. The molecule has 0 radical (unpaired) electrons. The minimum Gasteiger partial charge on any atom is -0.310 e. The number of nitrogens with zero attached hydrogens (tertiary/aromatic N) is 3. The second kappa shape index (κ2) is 5.27. The van der Waals surface area contributed by atoms with Crippen molar-refractivity contribution in [3.63, 3.8) is 0 Å². The summed E-state index contributed by atoms with van der Waals surface area (Å²) in [7, 11) is 2.18. The van der Waals surface area contributed by atoms with Crippen molar-refractivity contribution in [1.29, 1.82) is 0 Å². The van der Waals surface area contributed by atoms with Crippen molar-refractivity contribution in [3.8, 4) is 0 Å². The molecule has 1 aromatic heterocycles. The van der Waals surface area contributed by atoms with Crippen LogP contribution in [0.4, 0.5) is 0 Å². The fourth-order valence-corrected chi connectivity index (χ4v) is 2.04. The van der Waals surface area contributed by atoms with Crippen molar-refractivity contribution in [2.45, 2.75) is 25.4 Å². The summed E-state index contributed by atoms with van der Waals surface area (Å²) in [4.78, 5) is 2.38. The van der Waals surface area contributed by atoms with E-state index in [1.807, 2.05) is 12.4 Å². The molecule has 0 spiro atoms. The van der Waals surface area contributed by atoms with Gasteiger partial charge in [0.1, 0.15) is 0 Å². The van der Waals surface area contributed by atoms with Crippen LogP contribution in [0, 0.1) is 0 Å². The Morgan fingerprint density at radius 1 is 1.56 bits per heavy atom. The van der Waals surface area contributed by atoms with Gasteiger partial charge in [0, 0.05) is 30.5 Å². The number of nitrogens with one attached hydrogen (secondary N) is 1. The van der Waals surface area contributed by atoms with Crippen LogP contribution in [-0.2, 0) is 6.54 Å². The molecule has 0 aromatic carbocycles. The zero-order chi connectivity index (χ0) is 11.4. The van der Waals surface area contributed by atoms with Gasteiger partial charge in [0.15, 0.2) is 0 Å². The van der Waals surface area contributed by atoms with E-state index >= 15 is 0 Å². The van der Waals surface area contributed by atoms with E-state index in [0.717, 1.165) is 6.54 Å². The Morgan fingerprint density at radius 3 is 2.94 bits per heavy atom. The maximum Gasteiger partial charge on any atom is 0.0538 e. The Labute approximate surface area is 96.9 Å². The highest BCUT2D eigenvalue weighted by molar-refractivity contribution is 5.17. The maximum atomic E-state index is 4.16. The molecular formula is C12H20N4. The third-order valence-electron chi connectivity index (χ3n) is 3.16. The topological polar surface area (TPSA) is 33.1 Å². The summed E-state index contributed by atoms with van der Waals surface area (Å²) in [5, 5.41) is 7.74. The molecule has 1 aliphatic rings. The van der Waals surface area contributed by atoms with E-state index in [4.69, 9.17) is 0 Å². The van der Waals surface area contributed by atoms with Gasteiger partial charge >= 0.3 is 0 Å². The van der Waals surface area contributed by atoms with Gasteiger partial charge in [0.05, 0.1) is 6.20 Å². The number of aromatic nitrogens is 2. The minimum absolute atomic E-state index is 0.656. The lowest BCUT2D eigenvalue weighted by molar-refractivity contribution is 0.234. The molecule has 1 fully saturated rings. The predicted octanol–water partition coefficient (Wildman–Crippen LogP) is 1.17. The summed E-state index contributed by atoms with van der Waals surface area (Å²) >= 11 is 0. The summed E-state index contributed by atoms with van der Waals surface area (Å²) in [5.74, 6) is 0. The van der Waals surface area contributed by atoms with Crippen LogP contribution < -0.4 is 5.32 Å². The second-order valence-electron chi connectivity index (χ2n) is 4.47. The molecule has 0 unspecified atom stereocenters. The molecular weight excluding hydrogens is 200 g/mol. The Bertz CT molecular complexity index is 337. The summed E-state index contributed by atoms with van der Waals surface area (Å²) in [6.45, 7) is 6.98. The van der Waals surface area contributed by atoms with Crippen molar-refractivity contribution in [2.75, 3.05) is 20.1 Å². The van der Waals surface area contributed by atoms with Gasteiger partial charge in [-0.1, -0.05) is 6.58 Å². The van der Waals surface area contributed by atoms with Gasteiger partial charge in [-0.2, -0.15) is 5.10 Å². The molecule has 88 valence electrons. The van der Waals surface area contributed by atoms with Gasteiger partial charge < -0.3 is 10.2 Å². The number of rotatable bonds is 4. The van der Waals surface area contributed by atoms with Crippen molar-refractivity contribution in [2.24, 2.45) is 0 Å². The average Bonchev–Trinajstić information content (AvgIpc) is 2.76. The van der Waals surface area contributed by atoms with Crippen LogP contribution in [0.25, 0.3) is 6.20 Å². The van der Waals surface area contributed by atoms with Crippen LogP contribution in [0.15, 0.2) is 19.0 Å². The van der Waals surface area contributed by atoms with Gasteiger partial charge in [0.2, 0.25) is 0 Å². The Balaban J connectivity index is 1.76. The van der Waals surface area contributed by atoms with E-state index in [1.54, 1.807) is 10.9 Å². The molecule has 0 aliphatic carbocycles. The van der Waals surface area contributed by atoms with Crippen LogP contribution >= 0.6 is 0 Å². The van der Waals surface area contributed by atoms with Gasteiger partial charge in [-0.05, 0) is 33.0 Å². The normalized spacial score (nSPS) is 18.8. The smallest absolute Gasteiger partial charge is 0.0538 e. The summed E-state index contributed by atoms with van der Waals surface area (Å²) < 4.78 is 1.74. The molecule has 0 amide bonds. The summed E-state index contributed by atoms with van der Waals surface area (Å²) in [6.07, 6.45) is 8.09. The van der Waals surface area contributed by atoms with E-state index in [9.17, 15) is 0 Å². The van der Waals surface area contributed by atoms with Crippen molar-refractivity contribution < 1.29 is 0 Å². The molecule has 1 N–H and O–H groups in total. The molecule has 2 heterocycles. The Kier molecular flexibility index (Phi) is 3.74. The fraction of sp³-hybridized carbons (Fsp3) is 0.583. The van der Waals surface area contributed by atoms with Crippen molar-refractivity contribution in [3.05, 3.63) is 24.5 Å². The molecule has 1 saturated heterocycles. The van der Waals surface area contributed by atoms with Gasteiger partial charge in [0.25, 0.3) is 0 Å². The third-order valence-corrected chi connectivity index (χ3v) is 3.16. The van der Waals surface area contributed by atoms with Crippen molar-refractivity contribution >= 4 is 6.20 Å². The molecule has 4 heteroatoms. The van der Waals surface area contributed by atoms with E-state index in [0.29, 0.717) is 6.04 Å². The monoisotopic (exact) mass is 220 g/mol. The zero-order valence-corrected chi connectivity index (χ0v) is 9.89.